The van der Waals surface area contributed by atoms with E-state index in [2.05, 4.69) is 18.0 Å². The van der Waals surface area contributed by atoms with E-state index in [0.717, 1.165) is 43.6 Å². The molecule has 2 aliphatic carbocycles. The first-order chi connectivity index (χ1) is 12.3. The third-order valence-electron chi connectivity index (χ3n) is 6.64. The number of piperidine rings is 1. The van der Waals surface area contributed by atoms with Crippen LogP contribution in [0.25, 0.3) is 0 Å². The van der Waals surface area contributed by atoms with Gasteiger partial charge in [-0.15, -0.1) is 0 Å². The van der Waals surface area contributed by atoms with Crippen LogP contribution in [-0.2, 0) is 16.3 Å². The second-order valence-electron chi connectivity index (χ2n) is 7.86. The summed E-state index contributed by atoms with van der Waals surface area (Å²) in [7, 11) is 3.79. The minimum absolute atomic E-state index is 0.218. The first-order valence-corrected chi connectivity index (χ1v) is 9.15. The number of alkyl halides is 3. The van der Waals surface area contributed by atoms with Crippen molar-refractivity contribution in [3.63, 3.8) is 0 Å². The van der Waals surface area contributed by atoms with E-state index in [0.29, 0.717) is 6.04 Å². The highest BCUT2D eigenvalue weighted by atomic mass is 19.4. The Morgan fingerprint density at radius 2 is 2.00 bits per heavy atom. The van der Waals surface area contributed by atoms with Crippen molar-refractivity contribution in [2.75, 3.05) is 20.7 Å². The minimum atomic E-state index is -4.31. The minimum Gasteiger partial charge on any atom is -0.501 e. The fourth-order valence-electron chi connectivity index (χ4n) is 5.15. The number of nitrogens with zero attached hydrogens (tertiary/aromatic N) is 1. The number of likely N-dealkylation sites (tertiary alicyclic amines) is 1. The van der Waals surface area contributed by atoms with Crippen molar-refractivity contribution >= 4 is 0 Å². The summed E-state index contributed by atoms with van der Waals surface area (Å²) in [6.07, 6.45) is 3.40. The zero-order valence-electron chi connectivity index (χ0n) is 15.1. The van der Waals surface area contributed by atoms with Gasteiger partial charge in [0.2, 0.25) is 0 Å². The fraction of sp³-hybridized carbons (Fsp3) is 0.524. The second kappa shape index (κ2) is 6.15. The van der Waals surface area contributed by atoms with Crippen LogP contribution in [0.2, 0.25) is 0 Å². The number of benzene rings is 1. The molecule has 2 nitrogen and oxygen atoms in total. The van der Waals surface area contributed by atoms with Crippen LogP contribution in [0.4, 0.5) is 13.2 Å². The second-order valence-corrected chi connectivity index (χ2v) is 7.86. The molecule has 2 bridgehead atoms. The van der Waals surface area contributed by atoms with E-state index in [-0.39, 0.29) is 11.3 Å². The highest BCUT2D eigenvalue weighted by molar-refractivity contribution is 5.41. The summed E-state index contributed by atoms with van der Waals surface area (Å²) in [6.45, 7) is 0.913. The molecule has 1 saturated heterocycles. The van der Waals surface area contributed by atoms with Gasteiger partial charge in [-0.05, 0) is 56.5 Å². The summed E-state index contributed by atoms with van der Waals surface area (Å²) in [5, 5.41) is 0. The van der Waals surface area contributed by atoms with Gasteiger partial charge >= 0.3 is 6.18 Å². The molecule has 1 saturated carbocycles. The molecule has 0 spiro atoms. The lowest BCUT2D eigenvalue weighted by Gasteiger charge is -2.56. The summed E-state index contributed by atoms with van der Waals surface area (Å²) in [5.74, 6) is 1.14. The fourth-order valence-corrected chi connectivity index (χ4v) is 5.15. The number of fused-ring (bicyclic) bond motifs is 4. The number of halogens is 3. The number of rotatable bonds is 2. The molecule has 2 fully saturated rings. The SMILES string of the molecule is COC1=CC=C2CC3CC(c4cccc(C(F)(F)F)c4)(CCN3C)C2C1. The lowest BCUT2D eigenvalue weighted by Crippen LogP contribution is -2.55. The molecule has 1 heterocycles. The van der Waals surface area contributed by atoms with Gasteiger partial charge in [0.1, 0.15) is 0 Å². The van der Waals surface area contributed by atoms with Crippen LogP contribution in [0.3, 0.4) is 0 Å². The number of allylic oxidation sites excluding steroid dienone is 3. The van der Waals surface area contributed by atoms with Gasteiger partial charge < -0.3 is 9.64 Å². The monoisotopic (exact) mass is 363 g/mol. The lowest BCUT2D eigenvalue weighted by molar-refractivity contribution is -0.137. The third-order valence-corrected chi connectivity index (χ3v) is 6.64. The Morgan fingerprint density at radius 3 is 2.73 bits per heavy atom. The Morgan fingerprint density at radius 1 is 1.19 bits per heavy atom. The van der Waals surface area contributed by atoms with Crippen molar-refractivity contribution in [2.24, 2.45) is 5.92 Å². The number of hydrogen-bond acceptors (Lipinski definition) is 2. The molecule has 3 unspecified atom stereocenters. The van der Waals surface area contributed by atoms with Crippen LogP contribution in [0, 0.1) is 5.92 Å². The summed E-state index contributed by atoms with van der Waals surface area (Å²) in [6, 6.07) is 6.40. The summed E-state index contributed by atoms with van der Waals surface area (Å²) in [4.78, 5) is 2.36. The van der Waals surface area contributed by atoms with Gasteiger partial charge in [-0.1, -0.05) is 29.8 Å². The standard InChI is InChI=1S/C21H24F3NO/c1-25-9-8-20(15-4-3-5-16(11-15)21(22,23)24)13-17(25)10-14-6-7-18(26-2)12-19(14)20/h3-7,11,17,19H,8-10,12-13H2,1-2H3. The smallest absolute Gasteiger partial charge is 0.416 e. The van der Waals surface area contributed by atoms with Gasteiger partial charge in [0.15, 0.2) is 0 Å². The number of hydrogen-bond donors (Lipinski definition) is 0. The maximum atomic E-state index is 13.3. The van der Waals surface area contributed by atoms with E-state index in [9.17, 15) is 13.2 Å². The summed E-state index contributed by atoms with van der Waals surface area (Å²) in [5.41, 5.74) is 1.39. The van der Waals surface area contributed by atoms with Crippen LogP contribution in [-0.4, -0.2) is 31.6 Å². The molecule has 4 rings (SSSR count). The van der Waals surface area contributed by atoms with Crippen LogP contribution >= 0.6 is 0 Å². The predicted octanol–water partition coefficient (Wildman–Crippen LogP) is 4.92. The van der Waals surface area contributed by atoms with Crippen molar-refractivity contribution in [2.45, 2.75) is 43.3 Å². The molecule has 0 amide bonds. The topological polar surface area (TPSA) is 12.5 Å². The molecule has 5 heteroatoms. The van der Waals surface area contributed by atoms with Gasteiger partial charge in [-0.2, -0.15) is 13.2 Å². The molecular formula is C21H24F3NO. The molecule has 3 aliphatic rings. The van der Waals surface area contributed by atoms with E-state index in [4.69, 9.17) is 4.74 Å². The molecule has 1 aliphatic heterocycles. The molecule has 0 N–H and O–H groups in total. The van der Waals surface area contributed by atoms with Crippen molar-refractivity contribution in [1.82, 2.24) is 4.90 Å². The molecule has 0 radical (unpaired) electrons. The maximum Gasteiger partial charge on any atom is 0.416 e. The molecule has 0 aromatic heterocycles. The van der Waals surface area contributed by atoms with Crippen molar-refractivity contribution in [3.05, 3.63) is 58.9 Å². The van der Waals surface area contributed by atoms with Gasteiger partial charge in [0.25, 0.3) is 0 Å². The summed E-state index contributed by atoms with van der Waals surface area (Å²) >= 11 is 0. The van der Waals surface area contributed by atoms with Crippen LogP contribution in [0.15, 0.2) is 47.7 Å². The van der Waals surface area contributed by atoms with E-state index in [1.54, 1.807) is 13.2 Å². The predicted molar refractivity (Wildman–Crippen MR) is 94.7 cm³/mol. The first-order valence-electron chi connectivity index (χ1n) is 9.15. The van der Waals surface area contributed by atoms with Gasteiger partial charge in [-0.25, -0.2) is 0 Å². The van der Waals surface area contributed by atoms with Crippen molar-refractivity contribution in [3.8, 4) is 0 Å². The summed E-state index contributed by atoms with van der Waals surface area (Å²) < 4.78 is 45.4. The Hall–Kier alpha value is -1.75. The Kier molecular flexibility index (Phi) is 4.18. The Bertz CT molecular complexity index is 767. The van der Waals surface area contributed by atoms with Crippen LogP contribution in [0.1, 0.15) is 36.8 Å². The average Bonchev–Trinajstić information content (AvgIpc) is 2.64. The average molecular weight is 363 g/mol. The van der Waals surface area contributed by atoms with E-state index in [1.165, 1.54) is 17.7 Å². The van der Waals surface area contributed by atoms with E-state index >= 15 is 0 Å². The van der Waals surface area contributed by atoms with Gasteiger partial charge in [0, 0.05) is 17.9 Å². The normalized spacial score (nSPS) is 31.7. The van der Waals surface area contributed by atoms with Crippen LogP contribution in [0.5, 0.6) is 0 Å². The first kappa shape index (κ1) is 17.7. The third kappa shape index (κ3) is 2.77. The number of ether oxygens (including phenoxy) is 1. The van der Waals surface area contributed by atoms with Crippen molar-refractivity contribution < 1.29 is 17.9 Å². The Labute approximate surface area is 152 Å². The van der Waals surface area contributed by atoms with E-state index in [1.807, 2.05) is 12.1 Å². The molecule has 1 aromatic rings. The van der Waals surface area contributed by atoms with Gasteiger partial charge in [-0.3, -0.25) is 0 Å². The largest absolute Gasteiger partial charge is 0.501 e. The zero-order valence-corrected chi connectivity index (χ0v) is 15.1. The highest BCUT2D eigenvalue weighted by Gasteiger charge is 2.51. The molecule has 1 aromatic carbocycles. The number of methoxy groups -OCH3 is 1. The zero-order chi connectivity index (χ0) is 18.5. The highest BCUT2D eigenvalue weighted by Crippen LogP contribution is 2.55. The lowest BCUT2D eigenvalue weighted by atomic mass is 9.54. The molecule has 3 atom stereocenters. The maximum absolute atomic E-state index is 13.3. The molecule has 140 valence electrons. The molecule has 26 heavy (non-hydrogen) atoms. The van der Waals surface area contributed by atoms with Crippen LogP contribution < -0.4 is 0 Å². The van der Waals surface area contributed by atoms with Gasteiger partial charge in [0.05, 0.1) is 18.4 Å². The quantitative estimate of drug-likeness (QED) is 0.740. The van der Waals surface area contributed by atoms with E-state index < -0.39 is 11.7 Å². The molecular weight excluding hydrogens is 339 g/mol. The van der Waals surface area contributed by atoms with Crippen molar-refractivity contribution in [1.29, 1.82) is 0 Å². The Balaban J connectivity index is 1.82.